The van der Waals surface area contributed by atoms with Crippen molar-refractivity contribution in [3.8, 4) is 11.5 Å². The summed E-state index contributed by atoms with van der Waals surface area (Å²) in [5, 5.41) is 3.09. The zero-order chi connectivity index (χ0) is 11.7. The molecule has 1 N–H and O–H groups in total. The van der Waals surface area contributed by atoms with Gasteiger partial charge in [-0.05, 0) is 6.92 Å². The van der Waals surface area contributed by atoms with E-state index in [0.717, 1.165) is 23.4 Å². The van der Waals surface area contributed by atoms with Crippen LogP contribution in [0.4, 0.5) is 5.69 Å². The molecule has 0 saturated heterocycles. The van der Waals surface area contributed by atoms with Gasteiger partial charge in [0.2, 0.25) is 0 Å². The molecule has 1 atom stereocenters. The molecule has 94 valence electrons. The van der Waals surface area contributed by atoms with E-state index in [0.29, 0.717) is 5.75 Å². The number of esters is 1. The lowest BCUT2D eigenvalue weighted by Crippen LogP contribution is -2.05. The molecule has 1 unspecified atom stereocenters. The van der Waals surface area contributed by atoms with Crippen molar-refractivity contribution in [1.82, 2.24) is 0 Å². The van der Waals surface area contributed by atoms with Crippen LogP contribution < -0.4 is 14.8 Å². The van der Waals surface area contributed by atoms with E-state index < -0.39 is 0 Å². The first-order chi connectivity index (χ1) is 7.60. The fraction of sp³-hybridized carbons (Fsp3) is 0.417. The Hall–Kier alpha value is -1.42. The van der Waals surface area contributed by atoms with Gasteiger partial charge in [0.25, 0.3) is 0 Å². The minimum absolute atomic E-state index is 0. The second kappa shape index (κ2) is 5.27. The minimum Gasteiger partial charge on any atom is -0.490 e. The fourth-order valence-electron chi connectivity index (χ4n) is 1.93. The smallest absolute Gasteiger partial charge is 0.308 e. The molecule has 17 heavy (non-hydrogen) atoms. The Morgan fingerprint density at radius 1 is 1.53 bits per heavy atom. The molecule has 0 spiro atoms. The van der Waals surface area contributed by atoms with Crippen LogP contribution in [0.2, 0.25) is 0 Å². The van der Waals surface area contributed by atoms with Gasteiger partial charge >= 0.3 is 5.97 Å². The van der Waals surface area contributed by atoms with Gasteiger partial charge in [0, 0.05) is 43.8 Å². The number of fused-ring (bicyclic) bond motifs is 1. The Balaban J connectivity index is 0.00000144. The van der Waals surface area contributed by atoms with Crippen LogP contribution in [-0.4, -0.2) is 19.1 Å². The van der Waals surface area contributed by atoms with E-state index in [-0.39, 0.29) is 24.5 Å². The third-order valence-electron chi connectivity index (χ3n) is 2.53. The average molecular weight is 258 g/mol. The summed E-state index contributed by atoms with van der Waals surface area (Å²) < 4.78 is 10.7. The Bertz CT molecular complexity index is 434. The van der Waals surface area contributed by atoms with Crippen molar-refractivity contribution in [2.24, 2.45) is 0 Å². The van der Waals surface area contributed by atoms with Crippen LogP contribution in [0, 0.1) is 0 Å². The summed E-state index contributed by atoms with van der Waals surface area (Å²) in [5.74, 6) is 0.994. The minimum atomic E-state index is -0.326. The molecule has 1 aromatic rings. The highest BCUT2D eigenvalue weighted by molar-refractivity contribution is 5.85. The molecule has 0 bridgehead atoms. The molecule has 1 aliphatic heterocycles. The maximum Gasteiger partial charge on any atom is 0.308 e. The number of hydrogen-bond acceptors (Lipinski definition) is 4. The van der Waals surface area contributed by atoms with Crippen LogP contribution in [0.15, 0.2) is 12.1 Å². The molecule has 0 amide bonds. The highest BCUT2D eigenvalue weighted by Crippen LogP contribution is 2.38. The summed E-state index contributed by atoms with van der Waals surface area (Å²) in [7, 11) is 1.84. The number of rotatable bonds is 2. The summed E-state index contributed by atoms with van der Waals surface area (Å²) in [6, 6.07) is 3.59. The quantitative estimate of drug-likeness (QED) is 0.653. The number of carbonyl (C=O) groups excluding carboxylic acids is 1. The topological polar surface area (TPSA) is 47.6 Å². The zero-order valence-corrected chi connectivity index (χ0v) is 10.9. The number of benzene rings is 1. The van der Waals surface area contributed by atoms with Crippen molar-refractivity contribution in [2.75, 3.05) is 12.4 Å². The van der Waals surface area contributed by atoms with Crippen molar-refractivity contribution in [2.45, 2.75) is 26.4 Å². The normalized spacial score (nSPS) is 16.5. The molecule has 0 aliphatic carbocycles. The average Bonchev–Trinajstić information content (AvgIpc) is 2.56. The van der Waals surface area contributed by atoms with Gasteiger partial charge in [0.1, 0.15) is 17.6 Å². The van der Waals surface area contributed by atoms with E-state index in [2.05, 4.69) is 5.32 Å². The first-order valence-corrected chi connectivity index (χ1v) is 5.30. The van der Waals surface area contributed by atoms with Gasteiger partial charge in [-0.15, -0.1) is 12.4 Å². The number of carbonyl (C=O) groups is 1. The van der Waals surface area contributed by atoms with E-state index in [4.69, 9.17) is 9.47 Å². The van der Waals surface area contributed by atoms with Gasteiger partial charge < -0.3 is 14.8 Å². The highest BCUT2D eigenvalue weighted by Gasteiger charge is 2.23. The monoisotopic (exact) mass is 257 g/mol. The van der Waals surface area contributed by atoms with Crippen molar-refractivity contribution in [3.05, 3.63) is 17.7 Å². The molecule has 0 aromatic heterocycles. The number of hydrogen-bond donors (Lipinski definition) is 1. The van der Waals surface area contributed by atoms with E-state index in [1.165, 1.54) is 6.92 Å². The number of nitrogens with one attached hydrogen (secondary N) is 1. The number of halogens is 1. The molecule has 0 fully saturated rings. The lowest BCUT2D eigenvalue weighted by atomic mass is 10.1. The lowest BCUT2D eigenvalue weighted by Gasteiger charge is -2.09. The van der Waals surface area contributed by atoms with Crippen LogP contribution in [0.25, 0.3) is 0 Å². The highest BCUT2D eigenvalue weighted by atomic mass is 35.5. The van der Waals surface area contributed by atoms with Crippen molar-refractivity contribution < 1.29 is 14.3 Å². The SMILES string of the molecule is CNc1cc(OC(C)=O)cc2c1CC(C)O2.Cl. The second-order valence-electron chi connectivity index (χ2n) is 3.92. The third-order valence-corrected chi connectivity index (χ3v) is 2.53. The summed E-state index contributed by atoms with van der Waals surface area (Å²) in [4.78, 5) is 10.9. The van der Waals surface area contributed by atoms with Crippen LogP contribution in [0.1, 0.15) is 19.4 Å². The van der Waals surface area contributed by atoms with Crippen LogP contribution in [0.3, 0.4) is 0 Å². The predicted molar refractivity (Wildman–Crippen MR) is 68.3 cm³/mol. The summed E-state index contributed by atoms with van der Waals surface area (Å²) >= 11 is 0. The molecular weight excluding hydrogens is 242 g/mol. The number of anilines is 1. The van der Waals surface area contributed by atoms with E-state index in [1.807, 2.05) is 20.0 Å². The van der Waals surface area contributed by atoms with E-state index in [9.17, 15) is 4.79 Å². The molecule has 0 radical (unpaired) electrons. The largest absolute Gasteiger partial charge is 0.490 e. The molecule has 1 heterocycles. The molecule has 1 aromatic carbocycles. The number of ether oxygens (including phenoxy) is 2. The van der Waals surface area contributed by atoms with E-state index in [1.54, 1.807) is 6.07 Å². The Morgan fingerprint density at radius 3 is 2.82 bits per heavy atom. The van der Waals surface area contributed by atoms with Gasteiger partial charge in [-0.25, -0.2) is 0 Å². The van der Waals surface area contributed by atoms with Gasteiger partial charge in [0.15, 0.2) is 0 Å². The molecule has 2 rings (SSSR count). The van der Waals surface area contributed by atoms with Gasteiger partial charge in [-0.2, -0.15) is 0 Å². The van der Waals surface area contributed by atoms with Crippen molar-refractivity contribution >= 4 is 24.1 Å². The third kappa shape index (κ3) is 2.82. The summed E-state index contributed by atoms with van der Waals surface area (Å²) in [5.41, 5.74) is 2.10. The maximum absolute atomic E-state index is 10.9. The van der Waals surface area contributed by atoms with Gasteiger partial charge in [-0.1, -0.05) is 0 Å². The fourth-order valence-corrected chi connectivity index (χ4v) is 1.93. The molecular formula is C12H16ClNO3. The van der Waals surface area contributed by atoms with Gasteiger partial charge in [0.05, 0.1) is 0 Å². The van der Waals surface area contributed by atoms with Crippen LogP contribution in [-0.2, 0) is 11.2 Å². The Kier molecular flexibility index (Phi) is 4.23. The molecule has 0 saturated carbocycles. The van der Waals surface area contributed by atoms with Gasteiger partial charge in [-0.3, -0.25) is 4.79 Å². The lowest BCUT2D eigenvalue weighted by molar-refractivity contribution is -0.131. The van der Waals surface area contributed by atoms with Crippen molar-refractivity contribution in [1.29, 1.82) is 0 Å². The van der Waals surface area contributed by atoms with Crippen LogP contribution in [0.5, 0.6) is 11.5 Å². The second-order valence-corrected chi connectivity index (χ2v) is 3.92. The first kappa shape index (κ1) is 13.6. The zero-order valence-electron chi connectivity index (χ0n) is 10.1. The maximum atomic E-state index is 10.9. The predicted octanol–water partition coefficient (Wildman–Crippen LogP) is 2.40. The standard InChI is InChI=1S/C12H15NO3.ClH/c1-7-4-10-11(13-3)5-9(16-8(2)14)6-12(10)15-7;/h5-7,13H,4H2,1-3H3;1H. The Labute approximate surface area is 107 Å². The molecule has 5 heteroatoms. The van der Waals surface area contributed by atoms with Crippen LogP contribution >= 0.6 is 12.4 Å². The summed E-state index contributed by atoms with van der Waals surface area (Å²) in [6.45, 7) is 3.40. The molecule has 4 nitrogen and oxygen atoms in total. The molecule has 1 aliphatic rings. The van der Waals surface area contributed by atoms with E-state index >= 15 is 0 Å². The van der Waals surface area contributed by atoms with Crippen molar-refractivity contribution in [3.63, 3.8) is 0 Å². The first-order valence-electron chi connectivity index (χ1n) is 5.30. The Morgan fingerprint density at radius 2 is 2.24 bits per heavy atom. The summed E-state index contributed by atoms with van der Waals surface area (Å²) in [6.07, 6.45) is 1.06.